The Morgan fingerprint density at radius 2 is 2.19 bits per heavy atom. The first-order chi connectivity index (χ1) is 13.1. The van der Waals surface area contributed by atoms with Crippen LogP contribution < -0.4 is 10.1 Å². The zero-order valence-corrected chi connectivity index (χ0v) is 15.1. The molecule has 4 aromatic rings. The highest BCUT2D eigenvalue weighted by Crippen LogP contribution is 2.31. The zero-order valence-electron chi connectivity index (χ0n) is 14.3. The van der Waals surface area contributed by atoms with Crippen LogP contribution in [0.15, 0.2) is 49.1 Å². The Labute approximate surface area is 159 Å². The van der Waals surface area contributed by atoms with E-state index in [-0.39, 0.29) is 6.03 Å². The van der Waals surface area contributed by atoms with Gasteiger partial charge in [-0.15, -0.1) is 0 Å². The van der Waals surface area contributed by atoms with E-state index in [1.807, 2.05) is 18.2 Å². The predicted octanol–water partition coefficient (Wildman–Crippen LogP) is 3.24. The molecule has 9 heteroatoms. The number of nitrogens with zero attached hydrogens (tertiary/aromatic N) is 4. The number of methoxy groups -OCH3 is 1. The van der Waals surface area contributed by atoms with E-state index in [1.54, 1.807) is 30.9 Å². The molecule has 136 valence electrons. The quantitative estimate of drug-likeness (QED) is 0.564. The second kappa shape index (κ2) is 7.08. The number of aromatic amines is 1. The third-order valence-electron chi connectivity index (χ3n) is 4.02. The van der Waals surface area contributed by atoms with Gasteiger partial charge in [0.15, 0.2) is 0 Å². The number of rotatable bonds is 4. The average Bonchev–Trinajstić information content (AvgIpc) is 3.35. The van der Waals surface area contributed by atoms with E-state index in [1.165, 1.54) is 11.8 Å². The number of nitrogens with one attached hydrogen (secondary N) is 2. The highest BCUT2D eigenvalue weighted by atomic mass is 35.5. The van der Waals surface area contributed by atoms with Gasteiger partial charge >= 0.3 is 6.03 Å². The number of hydrogen-bond acceptors (Lipinski definition) is 5. The number of carbonyl (C=O) groups excluding carboxylic acids is 1. The number of H-pyrrole nitrogens is 1. The van der Waals surface area contributed by atoms with Crippen molar-refractivity contribution in [2.45, 2.75) is 6.54 Å². The number of halogens is 1. The Morgan fingerprint density at radius 3 is 2.89 bits per heavy atom. The van der Waals surface area contributed by atoms with Gasteiger partial charge in [0.05, 0.1) is 36.8 Å². The summed E-state index contributed by atoms with van der Waals surface area (Å²) in [5.74, 6) is 0.436. The van der Waals surface area contributed by atoms with Crippen molar-refractivity contribution in [2.75, 3.05) is 7.11 Å². The fourth-order valence-corrected chi connectivity index (χ4v) is 2.97. The first kappa shape index (κ1) is 17.0. The number of hydrogen-bond donors (Lipinski definition) is 2. The lowest BCUT2D eigenvalue weighted by Crippen LogP contribution is -2.28. The molecule has 0 unspecified atom stereocenters. The van der Waals surface area contributed by atoms with Crippen molar-refractivity contribution < 1.29 is 9.53 Å². The minimum absolute atomic E-state index is 0.300. The van der Waals surface area contributed by atoms with E-state index in [9.17, 15) is 4.79 Å². The lowest BCUT2D eigenvalue weighted by molar-refractivity contribution is 0.239. The highest BCUT2D eigenvalue weighted by Gasteiger charge is 2.11. The topological polar surface area (TPSA) is 97.7 Å². The summed E-state index contributed by atoms with van der Waals surface area (Å²) in [6.45, 7) is 0.336. The summed E-state index contributed by atoms with van der Waals surface area (Å²) in [5.41, 5.74) is 3.13. The van der Waals surface area contributed by atoms with Crippen LogP contribution in [0.1, 0.15) is 5.69 Å². The number of aromatic nitrogens is 5. The van der Waals surface area contributed by atoms with Crippen LogP contribution in [0.25, 0.3) is 22.2 Å². The lowest BCUT2D eigenvalue weighted by atomic mass is 10.1. The molecule has 27 heavy (non-hydrogen) atoms. The summed E-state index contributed by atoms with van der Waals surface area (Å²) in [4.78, 5) is 23.7. The molecular weight excluding hydrogens is 368 g/mol. The van der Waals surface area contributed by atoms with Crippen molar-refractivity contribution in [3.63, 3.8) is 0 Å². The number of amides is 1. The normalized spacial score (nSPS) is 10.9. The number of ether oxygens (including phenoxy) is 1. The Balaban J connectivity index is 1.58. The fraction of sp³-hybridized carbons (Fsp3) is 0.111. The standard InChI is InChI=1S/C18H15ClN6O2/c1-27-17-10-20-16(9-21-17)13-7-15-11(6-14(13)19)5-12(24-15)8-22-18(26)25-4-2-3-23-25/h2-7,9-10,24H,8H2,1H3,(H,22,26). The summed E-state index contributed by atoms with van der Waals surface area (Å²) >= 11 is 6.42. The molecule has 4 rings (SSSR count). The molecule has 0 aliphatic heterocycles. The summed E-state index contributed by atoms with van der Waals surface area (Å²) in [6, 6.07) is 7.09. The SMILES string of the molecule is COc1cnc(-c2cc3[nH]c(CNC(=O)n4cccn4)cc3cc2Cl)cn1. The van der Waals surface area contributed by atoms with Crippen molar-refractivity contribution in [2.24, 2.45) is 0 Å². The van der Waals surface area contributed by atoms with E-state index in [2.05, 4.69) is 25.4 Å². The summed E-state index contributed by atoms with van der Waals surface area (Å²) < 4.78 is 6.26. The Bertz CT molecular complexity index is 1090. The molecule has 2 N–H and O–H groups in total. The van der Waals surface area contributed by atoms with Gasteiger partial charge in [-0.25, -0.2) is 14.8 Å². The molecule has 3 aromatic heterocycles. The maximum Gasteiger partial charge on any atom is 0.342 e. The number of fused-ring (bicyclic) bond motifs is 1. The molecule has 8 nitrogen and oxygen atoms in total. The van der Waals surface area contributed by atoms with Gasteiger partial charge in [-0.3, -0.25) is 0 Å². The van der Waals surface area contributed by atoms with Crippen molar-refractivity contribution in [3.05, 3.63) is 59.8 Å². The molecular formula is C18H15ClN6O2. The van der Waals surface area contributed by atoms with Gasteiger partial charge in [-0.1, -0.05) is 11.6 Å². The minimum Gasteiger partial charge on any atom is -0.480 e. The third-order valence-corrected chi connectivity index (χ3v) is 4.33. The third kappa shape index (κ3) is 3.47. The molecule has 0 spiro atoms. The van der Waals surface area contributed by atoms with Crippen molar-refractivity contribution in [1.29, 1.82) is 0 Å². The monoisotopic (exact) mass is 382 g/mol. The van der Waals surface area contributed by atoms with Crippen LogP contribution in [0.5, 0.6) is 5.88 Å². The van der Waals surface area contributed by atoms with Crippen molar-refractivity contribution in [3.8, 4) is 17.1 Å². The van der Waals surface area contributed by atoms with Crippen molar-refractivity contribution >= 4 is 28.5 Å². The van der Waals surface area contributed by atoms with Crippen LogP contribution in [-0.4, -0.2) is 37.9 Å². The van der Waals surface area contributed by atoms with Crippen LogP contribution in [0.2, 0.25) is 5.02 Å². The largest absolute Gasteiger partial charge is 0.480 e. The molecule has 0 fully saturated rings. The second-order valence-corrected chi connectivity index (χ2v) is 6.17. The number of carbonyl (C=O) groups is 1. The Morgan fingerprint density at radius 1 is 1.30 bits per heavy atom. The van der Waals surface area contributed by atoms with Crippen LogP contribution in [-0.2, 0) is 6.54 Å². The van der Waals surface area contributed by atoms with Crippen LogP contribution in [0, 0.1) is 0 Å². The van der Waals surface area contributed by atoms with Gasteiger partial charge in [0, 0.05) is 34.6 Å². The second-order valence-electron chi connectivity index (χ2n) is 5.77. The van der Waals surface area contributed by atoms with E-state index >= 15 is 0 Å². The molecule has 0 saturated heterocycles. The van der Waals surface area contributed by atoms with Crippen LogP contribution >= 0.6 is 11.6 Å². The van der Waals surface area contributed by atoms with E-state index < -0.39 is 0 Å². The van der Waals surface area contributed by atoms with Gasteiger partial charge in [0.2, 0.25) is 5.88 Å². The molecule has 0 atom stereocenters. The molecule has 1 amide bonds. The number of benzene rings is 1. The molecule has 0 radical (unpaired) electrons. The van der Waals surface area contributed by atoms with Gasteiger partial charge in [-0.05, 0) is 24.3 Å². The first-order valence-corrected chi connectivity index (χ1v) is 8.47. The molecule has 0 saturated carbocycles. The molecule has 3 heterocycles. The first-order valence-electron chi connectivity index (χ1n) is 8.09. The van der Waals surface area contributed by atoms with Gasteiger partial charge in [0.25, 0.3) is 0 Å². The van der Waals surface area contributed by atoms with E-state index in [0.717, 1.165) is 22.2 Å². The summed E-state index contributed by atoms with van der Waals surface area (Å²) in [6.07, 6.45) is 6.29. The fourth-order valence-electron chi connectivity index (χ4n) is 2.71. The van der Waals surface area contributed by atoms with Gasteiger partial charge in [0.1, 0.15) is 0 Å². The Hall–Kier alpha value is -3.39. The van der Waals surface area contributed by atoms with Gasteiger partial charge < -0.3 is 15.0 Å². The van der Waals surface area contributed by atoms with E-state index in [4.69, 9.17) is 16.3 Å². The molecule has 0 bridgehead atoms. The molecule has 0 aliphatic rings. The maximum atomic E-state index is 12.0. The summed E-state index contributed by atoms with van der Waals surface area (Å²) in [5, 5.41) is 8.19. The summed E-state index contributed by atoms with van der Waals surface area (Å²) in [7, 11) is 1.54. The lowest BCUT2D eigenvalue weighted by Gasteiger charge is -2.05. The van der Waals surface area contributed by atoms with Gasteiger partial charge in [-0.2, -0.15) is 9.78 Å². The van der Waals surface area contributed by atoms with Crippen LogP contribution in [0.4, 0.5) is 4.79 Å². The zero-order chi connectivity index (χ0) is 18.8. The molecule has 1 aromatic carbocycles. The average molecular weight is 383 g/mol. The molecule has 0 aliphatic carbocycles. The smallest absolute Gasteiger partial charge is 0.342 e. The predicted molar refractivity (Wildman–Crippen MR) is 101 cm³/mol. The highest BCUT2D eigenvalue weighted by molar-refractivity contribution is 6.34. The Kier molecular flexibility index (Phi) is 4.47. The minimum atomic E-state index is -0.300. The van der Waals surface area contributed by atoms with Crippen molar-refractivity contribution in [1.82, 2.24) is 30.0 Å². The van der Waals surface area contributed by atoms with Crippen LogP contribution in [0.3, 0.4) is 0 Å². The maximum absolute atomic E-state index is 12.0. The van der Waals surface area contributed by atoms with E-state index in [0.29, 0.717) is 23.1 Å².